The summed E-state index contributed by atoms with van der Waals surface area (Å²) in [5.74, 6) is -0.716. The van der Waals surface area contributed by atoms with Gasteiger partial charge in [-0.1, -0.05) is 165 Å². The molecule has 0 aromatic heterocycles. The number of rotatable bonds is 38. The number of aliphatic hydroxyl groups is 5. The standard InChI is InChI=1S/C46H83NO12S/c1-3-5-7-9-11-13-15-16-17-18-19-20-21-22-23-25-27-29-31-33-35-40(50)45(53)47-38(39(49)34-32-30-28-26-24-14-12-10-8-6-4-2)37-57-46-43(52)44(59-60(54,55)56)42(51)41(36-48)58-46/h5,7,11,13,24,26,32,34,38-44,46,48-52H,3-4,6,8-10,12,14-23,25,27-31,33,35-37H2,1-2H3,(H,47,53)(H,54,55,56)/b7-5-,13-11-,26-24+,34-32+. The van der Waals surface area contributed by atoms with Crippen LogP contribution in [0, 0.1) is 0 Å². The molecular formula is C46H83NO12S. The largest absolute Gasteiger partial charge is 0.397 e. The first-order valence-electron chi connectivity index (χ1n) is 23.1. The molecule has 0 aliphatic carbocycles. The van der Waals surface area contributed by atoms with Crippen molar-refractivity contribution in [1.29, 1.82) is 0 Å². The minimum absolute atomic E-state index is 0.234. The van der Waals surface area contributed by atoms with Crippen molar-refractivity contribution >= 4 is 16.3 Å². The Morgan fingerprint density at radius 1 is 0.700 bits per heavy atom. The number of hydrogen-bond acceptors (Lipinski definition) is 11. The Morgan fingerprint density at radius 3 is 1.78 bits per heavy atom. The molecule has 7 N–H and O–H groups in total. The molecule has 60 heavy (non-hydrogen) atoms. The minimum Gasteiger partial charge on any atom is -0.394 e. The van der Waals surface area contributed by atoms with Gasteiger partial charge in [-0.25, -0.2) is 4.18 Å². The molecule has 0 radical (unpaired) electrons. The van der Waals surface area contributed by atoms with Crippen LogP contribution >= 0.6 is 0 Å². The maximum absolute atomic E-state index is 13.1. The van der Waals surface area contributed by atoms with Gasteiger partial charge in [-0.05, 0) is 57.8 Å². The van der Waals surface area contributed by atoms with E-state index in [1.807, 2.05) is 0 Å². The van der Waals surface area contributed by atoms with Crippen LogP contribution in [0.1, 0.15) is 174 Å². The highest BCUT2D eigenvalue weighted by Crippen LogP contribution is 2.26. The van der Waals surface area contributed by atoms with E-state index in [0.29, 0.717) is 12.8 Å². The van der Waals surface area contributed by atoms with Crippen LogP contribution in [0.2, 0.25) is 0 Å². The fourth-order valence-electron chi connectivity index (χ4n) is 7.04. The average molecular weight is 874 g/mol. The van der Waals surface area contributed by atoms with Crippen molar-refractivity contribution in [3.8, 4) is 0 Å². The van der Waals surface area contributed by atoms with Crippen molar-refractivity contribution in [1.82, 2.24) is 5.32 Å². The van der Waals surface area contributed by atoms with E-state index in [0.717, 1.165) is 51.4 Å². The van der Waals surface area contributed by atoms with Crippen molar-refractivity contribution in [2.24, 2.45) is 0 Å². The molecular weight excluding hydrogens is 791 g/mol. The van der Waals surface area contributed by atoms with Gasteiger partial charge in [0, 0.05) is 0 Å². The third kappa shape index (κ3) is 28.6. The number of amides is 1. The van der Waals surface area contributed by atoms with Crippen molar-refractivity contribution in [2.45, 2.75) is 223 Å². The Labute approximate surface area is 362 Å². The third-order valence-corrected chi connectivity index (χ3v) is 11.2. The van der Waals surface area contributed by atoms with Crippen LogP contribution in [0.5, 0.6) is 0 Å². The number of unbranched alkanes of at least 4 members (excludes halogenated alkanes) is 19. The van der Waals surface area contributed by atoms with Crippen LogP contribution in [-0.2, 0) is 28.9 Å². The number of carbonyl (C=O) groups excluding carboxylic acids is 1. The Hall–Kier alpha value is -1.98. The summed E-state index contributed by atoms with van der Waals surface area (Å²) in [4.78, 5) is 13.1. The molecule has 1 rings (SSSR count). The van der Waals surface area contributed by atoms with Crippen molar-refractivity contribution in [3.05, 3.63) is 48.6 Å². The van der Waals surface area contributed by atoms with E-state index in [2.05, 4.69) is 59.8 Å². The second-order valence-electron chi connectivity index (χ2n) is 16.1. The predicted octanol–water partition coefficient (Wildman–Crippen LogP) is 7.85. The van der Waals surface area contributed by atoms with Crippen LogP contribution in [0.25, 0.3) is 0 Å². The summed E-state index contributed by atoms with van der Waals surface area (Å²) in [6, 6.07) is -1.14. The number of ether oxygens (including phenoxy) is 2. The van der Waals surface area contributed by atoms with Gasteiger partial charge >= 0.3 is 10.4 Å². The van der Waals surface area contributed by atoms with Gasteiger partial charge in [0.2, 0.25) is 5.91 Å². The molecule has 0 aromatic rings. The lowest BCUT2D eigenvalue weighted by Crippen LogP contribution is -2.61. The Bertz CT molecular complexity index is 1280. The molecule has 1 fully saturated rings. The third-order valence-electron chi connectivity index (χ3n) is 10.7. The maximum Gasteiger partial charge on any atom is 0.397 e. The fourth-order valence-corrected chi connectivity index (χ4v) is 7.55. The normalized spacial score (nSPS) is 21.8. The molecule has 8 unspecified atom stereocenters. The topological polar surface area (TPSA) is 212 Å². The molecule has 14 heteroatoms. The summed E-state index contributed by atoms with van der Waals surface area (Å²) in [5.41, 5.74) is 0. The molecule has 1 aliphatic rings. The molecule has 0 spiro atoms. The summed E-state index contributed by atoms with van der Waals surface area (Å²) < 4.78 is 47.4. The van der Waals surface area contributed by atoms with Crippen LogP contribution in [0.3, 0.4) is 0 Å². The molecule has 1 saturated heterocycles. The van der Waals surface area contributed by atoms with Gasteiger partial charge in [-0.2, -0.15) is 8.42 Å². The van der Waals surface area contributed by atoms with Gasteiger partial charge in [0.1, 0.15) is 30.5 Å². The lowest BCUT2D eigenvalue weighted by atomic mass is 9.99. The van der Waals surface area contributed by atoms with E-state index < -0.39 is 78.5 Å². The van der Waals surface area contributed by atoms with Gasteiger partial charge in [-0.15, -0.1) is 0 Å². The van der Waals surface area contributed by atoms with E-state index in [1.165, 1.54) is 96.0 Å². The monoisotopic (exact) mass is 874 g/mol. The first kappa shape index (κ1) is 56.0. The van der Waals surface area contributed by atoms with Gasteiger partial charge in [-0.3, -0.25) is 9.35 Å². The SMILES string of the molecule is CC/C=C\C/C=C\CCCCCCCCCCCCCCCC(O)C(=O)NC(COC1OC(CO)C(O)C(OS(=O)(=O)O)C1O)C(O)/C=C/CC/C=C/CCCCCCC. The van der Waals surface area contributed by atoms with Crippen molar-refractivity contribution < 1.29 is 57.0 Å². The van der Waals surface area contributed by atoms with E-state index >= 15 is 0 Å². The number of nitrogens with one attached hydrogen (secondary N) is 1. The lowest BCUT2D eigenvalue weighted by Gasteiger charge is -2.41. The molecule has 1 aliphatic heterocycles. The summed E-state index contributed by atoms with van der Waals surface area (Å²) in [5, 5.41) is 55.1. The van der Waals surface area contributed by atoms with Crippen molar-refractivity contribution in [3.63, 3.8) is 0 Å². The summed E-state index contributed by atoms with van der Waals surface area (Å²) in [7, 11) is -5.12. The van der Waals surface area contributed by atoms with Gasteiger partial charge in [0.25, 0.3) is 0 Å². The molecule has 350 valence electrons. The molecule has 0 saturated carbocycles. The number of aliphatic hydroxyl groups excluding tert-OH is 5. The van der Waals surface area contributed by atoms with E-state index in [1.54, 1.807) is 6.08 Å². The molecule has 1 heterocycles. The zero-order valence-corrected chi connectivity index (χ0v) is 37.7. The van der Waals surface area contributed by atoms with Crippen LogP contribution in [0.4, 0.5) is 0 Å². The van der Waals surface area contributed by atoms with Crippen LogP contribution in [-0.4, -0.2) is 107 Å². The van der Waals surface area contributed by atoms with Crippen molar-refractivity contribution in [2.75, 3.05) is 13.2 Å². The van der Waals surface area contributed by atoms with Gasteiger partial charge < -0.3 is 40.3 Å². The second kappa shape index (κ2) is 36.5. The Balaban J connectivity index is 2.52. The van der Waals surface area contributed by atoms with E-state index in [4.69, 9.17) is 14.0 Å². The Morgan fingerprint density at radius 2 is 1.22 bits per heavy atom. The first-order chi connectivity index (χ1) is 28.9. The maximum atomic E-state index is 13.1. The van der Waals surface area contributed by atoms with E-state index in [-0.39, 0.29) is 6.42 Å². The molecule has 0 aromatic carbocycles. The smallest absolute Gasteiger partial charge is 0.394 e. The molecule has 0 bridgehead atoms. The Kier molecular flexibility index (Phi) is 34.1. The minimum atomic E-state index is -5.12. The zero-order chi connectivity index (χ0) is 44.3. The molecule has 13 nitrogen and oxygen atoms in total. The second-order valence-corrected chi connectivity index (χ2v) is 17.1. The first-order valence-corrected chi connectivity index (χ1v) is 24.5. The highest BCUT2D eigenvalue weighted by Gasteiger charge is 2.48. The number of allylic oxidation sites excluding steroid dienone is 7. The van der Waals surface area contributed by atoms with Gasteiger partial charge in [0.05, 0.1) is 25.4 Å². The quantitative estimate of drug-likeness (QED) is 0.0180. The predicted molar refractivity (Wildman–Crippen MR) is 237 cm³/mol. The molecule has 8 atom stereocenters. The lowest BCUT2D eigenvalue weighted by molar-refractivity contribution is -0.298. The summed E-state index contributed by atoms with van der Waals surface area (Å²) >= 11 is 0. The van der Waals surface area contributed by atoms with E-state index in [9.17, 15) is 38.7 Å². The van der Waals surface area contributed by atoms with Crippen LogP contribution in [0.15, 0.2) is 48.6 Å². The highest BCUT2D eigenvalue weighted by molar-refractivity contribution is 7.80. The highest BCUT2D eigenvalue weighted by atomic mass is 32.3. The number of carbonyl (C=O) groups is 1. The summed E-state index contributed by atoms with van der Waals surface area (Å²) in [6.45, 7) is 3.06. The molecule has 1 amide bonds. The zero-order valence-electron chi connectivity index (χ0n) is 36.9. The average Bonchev–Trinajstić information content (AvgIpc) is 3.22. The van der Waals surface area contributed by atoms with Crippen LogP contribution < -0.4 is 5.32 Å². The van der Waals surface area contributed by atoms with Gasteiger partial charge in [0.15, 0.2) is 6.29 Å². The number of hydrogen-bond donors (Lipinski definition) is 7. The fraction of sp³-hybridized carbons (Fsp3) is 0.804. The summed E-state index contributed by atoms with van der Waals surface area (Å²) in [6.07, 6.45) is 32.1.